The predicted molar refractivity (Wildman–Crippen MR) is 82.2 cm³/mol. The summed E-state index contributed by atoms with van der Waals surface area (Å²) in [5.41, 5.74) is 3.22. The summed E-state index contributed by atoms with van der Waals surface area (Å²) in [5, 5.41) is 10.1. The Morgan fingerprint density at radius 3 is 2.35 bits per heavy atom. The van der Waals surface area contributed by atoms with E-state index in [0.717, 1.165) is 16.9 Å². The Hall–Kier alpha value is -1.80. The van der Waals surface area contributed by atoms with E-state index in [1.165, 1.54) is 5.56 Å². The highest BCUT2D eigenvalue weighted by atomic mass is 16.5. The predicted octanol–water partition coefficient (Wildman–Crippen LogP) is 4.23. The zero-order valence-corrected chi connectivity index (χ0v) is 12.3. The smallest absolute Gasteiger partial charge is 0.122 e. The van der Waals surface area contributed by atoms with Crippen LogP contribution in [0.2, 0.25) is 0 Å². The molecular formula is C18H22O2. The van der Waals surface area contributed by atoms with Crippen molar-refractivity contribution in [2.45, 2.75) is 32.8 Å². The van der Waals surface area contributed by atoms with Crippen LogP contribution < -0.4 is 4.74 Å². The van der Waals surface area contributed by atoms with Gasteiger partial charge in [-0.15, -0.1) is 0 Å². The molecule has 2 nitrogen and oxygen atoms in total. The normalized spacial score (nSPS) is 12.4. The van der Waals surface area contributed by atoms with E-state index in [-0.39, 0.29) is 6.61 Å². The van der Waals surface area contributed by atoms with Crippen molar-refractivity contribution in [3.8, 4) is 5.75 Å². The van der Waals surface area contributed by atoms with Gasteiger partial charge >= 0.3 is 0 Å². The summed E-state index contributed by atoms with van der Waals surface area (Å²) in [6, 6.07) is 15.9. The summed E-state index contributed by atoms with van der Waals surface area (Å²) in [6.45, 7) is 6.61. The first-order valence-corrected chi connectivity index (χ1v) is 7.04. The molecule has 0 aliphatic rings. The second-order valence-electron chi connectivity index (χ2n) is 5.42. The molecule has 20 heavy (non-hydrogen) atoms. The summed E-state index contributed by atoms with van der Waals surface area (Å²) >= 11 is 0. The van der Waals surface area contributed by atoms with Crippen LogP contribution in [-0.4, -0.2) is 11.7 Å². The van der Waals surface area contributed by atoms with Gasteiger partial charge in [0, 0.05) is 0 Å². The van der Waals surface area contributed by atoms with E-state index >= 15 is 0 Å². The van der Waals surface area contributed by atoms with Crippen molar-refractivity contribution in [3.63, 3.8) is 0 Å². The topological polar surface area (TPSA) is 29.5 Å². The molecule has 0 fully saturated rings. The van der Waals surface area contributed by atoms with Crippen LogP contribution in [0.4, 0.5) is 0 Å². The zero-order valence-electron chi connectivity index (χ0n) is 12.3. The van der Waals surface area contributed by atoms with Gasteiger partial charge in [-0.1, -0.05) is 56.3 Å². The molecule has 1 N–H and O–H groups in total. The van der Waals surface area contributed by atoms with E-state index in [1.807, 2.05) is 37.3 Å². The maximum atomic E-state index is 10.1. The van der Waals surface area contributed by atoms with Gasteiger partial charge in [0.05, 0.1) is 0 Å². The number of aliphatic hydroxyl groups is 1. The van der Waals surface area contributed by atoms with Gasteiger partial charge in [-0.2, -0.15) is 0 Å². The molecule has 0 aliphatic heterocycles. The van der Waals surface area contributed by atoms with E-state index in [4.69, 9.17) is 4.74 Å². The number of hydrogen-bond donors (Lipinski definition) is 1. The maximum Gasteiger partial charge on any atom is 0.122 e. The monoisotopic (exact) mass is 270 g/mol. The minimum absolute atomic E-state index is 0.270. The third-order valence-corrected chi connectivity index (χ3v) is 3.46. The van der Waals surface area contributed by atoms with Crippen molar-refractivity contribution in [1.29, 1.82) is 0 Å². The standard InChI is InChI=1S/C18H22O2/c1-13(2)16-10-9-14(3)18(11-16)20-12-17(19)15-7-5-4-6-8-15/h4-11,13,17,19H,12H2,1-3H3. The van der Waals surface area contributed by atoms with E-state index in [0.29, 0.717) is 5.92 Å². The Bertz CT molecular complexity index is 547. The van der Waals surface area contributed by atoms with Crippen molar-refractivity contribution in [2.75, 3.05) is 6.61 Å². The molecule has 0 radical (unpaired) electrons. The number of aliphatic hydroxyl groups excluding tert-OH is 1. The number of benzene rings is 2. The first-order chi connectivity index (χ1) is 9.58. The van der Waals surface area contributed by atoms with Gasteiger partial charge in [0.15, 0.2) is 0 Å². The SMILES string of the molecule is Cc1ccc(C(C)C)cc1OCC(O)c1ccccc1. The number of hydrogen-bond acceptors (Lipinski definition) is 2. The Labute approximate surface area is 121 Å². The van der Waals surface area contributed by atoms with Crippen LogP contribution in [0.3, 0.4) is 0 Å². The summed E-state index contributed by atoms with van der Waals surface area (Å²) < 4.78 is 5.79. The van der Waals surface area contributed by atoms with E-state index < -0.39 is 6.10 Å². The molecule has 0 aromatic heterocycles. The van der Waals surface area contributed by atoms with E-state index in [2.05, 4.69) is 32.0 Å². The Kier molecular flexibility index (Phi) is 4.80. The van der Waals surface area contributed by atoms with Crippen molar-refractivity contribution < 1.29 is 9.84 Å². The van der Waals surface area contributed by atoms with Crippen molar-refractivity contribution in [3.05, 3.63) is 65.2 Å². The lowest BCUT2D eigenvalue weighted by Gasteiger charge is -2.16. The molecule has 0 heterocycles. The second-order valence-corrected chi connectivity index (χ2v) is 5.42. The molecule has 0 bridgehead atoms. The quantitative estimate of drug-likeness (QED) is 0.881. The molecule has 2 rings (SSSR count). The molecule has 2 aromatic carbocycles. The lowest BCUT2D eigenvalue weighted by atomic mass is 10.0. The molecule has 0 saturated carbocycles. The van der Waals surface area contributed by atoms with E-state index in [1.54, 1.807) is 0 Å². The van der Waals surface area contributed by atoms with Crippen LogP contribution >= 0.6 is 0 Å². The van der Waals surface area contributed by atoms with Gasteiger partial charge in [-0.05, 0) is 35.6 Å². The van der Waals surface area contributed by atoms with Gasteiger partial charge in [-0.25, -0.2) is 0 Å². The average Bonchev–Trinajstić information content (AvgIpc) is 2.46. The molecule has 0 spiro atoms. The summed E-state index contributed by atoms with van der Waals surface area (Å²) in [7, 11) is 0. The Morgan fingerprint density at radius 2 is 1.70 bits per heavy atom. The highest BCUT2D eigenvalue weighted by Gasteiger charge is 2.10. The molecule has 0 aliphatic carbocycles. The van der Waals surface area contributed by atoms with Crippen LogP contribution in [0.1, 0.15) is 42.6 Å². The highest BCUT2D eigenvalue weighted by molar-refractivity contribution is 5.37. The van der Waals surface area contributed by atoms with Crippen LogP contribution in [-0.2, 0) is 0 Å². The fraction of sp³-hybridized carbons (Fsp3) is 0.333. The molecule has 0 saturated heterocycles. The summed E-state index contributed by atoms with van der Waals surface area (Å²) in [4.78, 5) is 0. The van der Waals surface area contributed by atoms with Crippen LogP contribution in [0.5, 0.6) is 5.75 Å². The number of rotatable bonds is 5. The molecule has 2 aromatic rings. The Morgan fingerprint density at radius 1 is 1.00 bits per heavy atom. The Balaban J connectivity index is 2.05. The largest absolute Gasteiger partial charge is 0.490 e. The number of aryl methyl sites for hydroxylation is 1. The fourth-order valence-electron chi connectivity index (χ4n) is 2.07. The fourth-order valence-corrected chi connectivity index (χ4v) is 2.07. The van der Waals surface area contributed by atoms with Crippen LogP contribution in [0, 0.1) is 6.92 Å². The highest BCUT2D eigenvalue weighted by Crippen LogP contribution is 2.25. The molecule has 2 heteroatoms. The molecule has 1 atom stereocenters. The van der Waals surface area contributed by atoms with Crippen LogP contribution in [0.15, 0.2) is 48.5 Å². The molecule has 106 valence electrons. The molecular weight excluding hydrogens is 248 g/mol. The lowest BCUT2D eigenvalue weighted by Crippen LogP contribution is -2.10. The first kappa shape index (κ1) is 14.6. The van der Waals surface area contributed by atoms with Gasteiger partial charge in [-0.3, -0.25) is 0 Å². The third kappa shape index (κ3) is 3.61. The summed E-state index contributed by atoms with van der Waals surface area (Å²) in [6.07, 6.45) is -0.599. The van der Waals surface area contributed by atoms with Gasteiger partial charge in [0.2, 0.25) is 0 Å². The molecule has 0 amide bonds. The second kappa shape index (κ2) is 6.58. The average molecular weight is 270 g/mol. The minimum atomic E-state index is -0.599. The van der Waals surface area contributed by atoms with Crippen molar-refractivity contribution >= 4 is 0 Å². The van der Waals surface area contributed by atoms with Crippen molar-refractivity contribution in [1.82, 2.24) is 0 Å². The zero-order chi connectivity index (χ0) is 14.5. The third-order valence-electron chi connectivity index (χ3n) is 3.46. The minimum Gasteiger partial charge on any atom is -0.490 e. The molecule has 1 unspecified atom stereocenters. The van der Waals surface area contributed by atoms with Crippen molar-refractivity contribution in [2.24, 2.45) is 0 Å². The lowest BCUT2D eigenvalue weighted by molar-refractivity contribution is 0.108. The number of ether oxygens (including phenoxy) is 1. The summed E-state index contributed by atoms with van der Waals surface area (Å²) in [5.74, 6) is 1.32. The van der Waals surface area contributed by atoms with E-state index in [9.17, 15) is 5.11 Å². The maximum absolute atomic E-state index is 10.1. The first-order valence-electron chi connectivity index (χ1n) is 7.04. The van der Waals surface area contributed by atoms with Crippen LogP contribution in [0.25, 0.3) is 0 Å². The van der Waals surface area contributed by atoms with Gasteiger partial charge in [0.25, 0.3) is 0 Å². The van der Waals surface area contributed by atoms with Gasteiger partial charge < -0.3 is 9.84 Å². The van der Waals surface area contributed by atoms with Gasteiger partial charge in [0.1, 0.15) is 18.5 Å².